The van der Waals surface area contributed by atoms with Crippen molar-refractivity contribution in [1.29, 1.82) is 0 Å². The Labute approximate surface area is 144 Å². The van der Waals surface area contributed by atoms with Crippen LogP contribution in [0, 0.1) is 0 Å². The number of rotatable bonds is 7. The lowest BCUT2D eigenvalue weighted by Crippen LogP contribution is -2.38. The molecule has 24 heavy (non-hydrogen) atoms. The molecule has 1 atom stereocenters. The predicted octanol–water partition coefficient (Wildman–Crippen LogP) is 4.14. The van der Waals surface area contributed by atoms with Crippen molar-refractivity contribution in [3.8, 4) is 5.75 Å². The zero-order chi connectivity index (χ0) is 16.6. The second-order valence-corrected chi connectivity index (χ2v) is 6.18. The molecule has 0 aromatic heterocycles. The summed E-state index contributed by atoms with van der Waals surface area (Å²) in [6, 6.07) is 19.1. The highest BCUT2D eigenvalue weighted by Crippen LogP contribution is 2.25. The molecule has 0 bridgehead atoms. The first kappa shape index (κ1) is 16.6. The molecular formula is C21H26N2O. The van der Waals surface area contributed by atoms with E-state index in [1.54, 1.807) is 0 Å². The average Bonchev–Trinajstić information content (AvgIpc) is 2.66. The van der Waals surface area contributed by atoms with Gasteiger partial charge in [0.2, 0.25) is 0 Å². The molecule has 0 amide bonds. The Morgan fingerprint density at radius 1 is 1.04 bits per heavy atom. The Hall–Kier alpha value is -2.26. The van der Waals surface area contributed by atoms with Crippen LogP contribution in [0.3, 0.4) is 0 Å². The third-order valence-electron chi connectivity index (χ3n) is 4.42. The highest BCUT2D eigenvalue weighted by atomic mass is 16.5. The molecular weight excluding hydrogens is 296 g/mol. The number of benzene rings is 2. The summed E-state index contributed by atoms with van der Waals surface area (Å²) in [5, 5.41) is 0. The summed E-state index contributed by atoms with van der Waals surface area (Å²) in [7, 11) is 0. The Morgan fingerprint density at radius 3 is 2.50 bits per heavy atom. The van der Waals surface area contributed by atoms with Gasteiger partial charge in [-0.1, -0.05) is 42.5 Å². The first-order valence-corrected chi connectivity index (χ1v) is 8.77. The molecule has 126 valence electrons. The van der Waals surface area contributed by atoms with Gasteiger partial charge in [-0.3, -0.25) is 0 Å². The van der Waals surface area contributed by atoms with Gasteiger partial charge in [-0.05, 0) is 49.1 Å². The van der Waals surface area contributed by atoms with Crippen LogP contribution in [0.2, 0.25) is 0 Å². The van der Waals surface area contributed by atoms with Gasteiger partial charge >= 0.3 is 0 Å². The van der Waals surface area contributed by atoms with Crippen molar-refractivity contribution in [2.24, 2.45) is 5.73 Å². The van der Waals surface area contributed by atoms with Gasteiger partial charge in [-0.25, -0.2) is 0 Å². The minimum absolute atomic E-state index is 0.457. The van der Waals surface area contributed by atoms with Crippen LogP contribution in [0.1, 0.15) is 24.8 Å². The van der Waals surface area contributed by atoms with Crippen LogP contribution in [0.15, 0.2) is 66.7 Å². The molecule has 0 spiro atoms. The lowest BCUT2D eigenvalue weighted by atomic mass is 10.0. The summed E-state index contributed by atoms with van der Waals surface area (Å²) in [5.74, 6) is 0.898. The highest BCUT2D eigenvalue weighted by Gasteiger charge is 2.17. The zero-order valence-electron chi connectivity index (χ0n) is 14.1. The van der Waals surface area contributed by atoms with Crippen molar-refractivity contribution in [2.75, 3.05) is 18.0 Å². The second-order valence-electron chi connectivity index (χ2n) is 6.18. The summed E-state index contributed by atoms with van der Waals surface area (Å²) in [6.07, 6.45) is 8.25. The van der Waals surface area contributed by atoms with Crippen molar-refractivity contribution in [3.63, 3.8) is 0 Å². The monoisotopic (exact) mass is 322 g/mol. The summed E-state index contributed by atoms with van der Waals surface area (Å²) in [4.78, 5) is 2.40. The quantitative estimate of drug-likeness (QED) is 0.779. The number of nitrogens with two attached hydrogens (primary N) is 1. The van der Waals surface area contributed by atoms with Crippen molar-refractivity contribution >= 4 is 5.69 Å². The normalized spacial score (nSPS) is 16.8. The SMILES string of the molecule is NCCN(c1ccc(OCc2ccccc2)cc1)C1C=CCCC1. The molecule has 0 aliphatic heterocycles. The van der Waals surface area contributed by atoms with Crippen molar-refractivity contribution in [1.82, 2.24) is 0 Å². The lowest BCUT2D eigenvalue weighted by Gasteiger charge is -2.33. The number of hydrogen-bond donors (Lipinski definition) is 1. The Morgan fingerprint density at radius 2 is 1.83 bits per heavy atom. The topological polar surface area (TPSA) is 38.5 Å². The zero-order valence-corrected chi connectivity index (χ0v) is 14.1. The fourth-order valence-corrected chi connectivity index (χ4v) is 3.15. The van der Waals surface area contributed by atoms with E-state index in [1.165, 1.54) is 30.5 Å². The molecule has 2 aromatic rings. The second kappa shape index (κ2) is 8.55. The van der Waals surface area contributed by atoms with E-state index in [1.807, 2.05) is 30.3 Å². The van der Waals surface area contributed by atoms with Crippen LogP contribution in [-0.4, -0.2) is 19.1 Å². The molecule has 1 aliphatic rings. The minimum atomic E-state index is 0.457. The van der Waals surface area contributed by atoms with Crippen molar-refractivity contribution < 1.29 is 4.74 Å². The fourth-order valence-electron chi connectivity index (χ4n) is 3.15. The van der Waals surface area contributed by atoms with Crippen LogP contribution in [0.25, 0.3) is 0 Å². The van der Waals surface area contributed by atoms with Crippen LogP contribution < -0.4 is 15.4 Å². The van der Waals surface area contributed by atoms with Crippen LogP contribution >= 0.6 is 0 Å². The number of ether oxygens (including phenoxy) is 1. The molecule has 1 unspecified atom stereocenters. The van der Waals surface area contributed by atoms with E-state index < -0.39 is 0 Å². The smallest absolute Gasteiger partial charge is 0.119 e. The average molecular weight is 322 g/mol. The van der Waals surface area contributed by atoms with E-state index in [0.29, 0.717) is 19.2 Å². The number of nitrogens with zero attached hydrogens (tertiary/aromatic N) is 1. The van der Waals surface area contributed by atoms with Gasteiger partial charge in [0.25, 0.3) is 0 Å². The molecule has 3 nitrogen and oxygen atoms in total. The summed E-state index contributed by atoms with van der Waals surface area (Å²) < 4.78 is 5.88. The predicted molar refractivity (Wildman–Crippen MR) is 100 cm³/mol. The molecule has 0 saturated carbocycles. The molecule has 3 rings (SSSR count). The van der Waals surface area contributed by atoms with E-state index in [-0.39, 0.29) is 0 Å². The van der Waals surface area contributed by atoms with Crippen LogP contribution in [-0.2, 0) is 6.61 Å². The van der Waals surface area contributed by atoms with Gasteiger partial charge in [0, 0.05) is 24.8 Å². The molecule has 1 aliphatic carbocycles. The van der Waals surface area contributed by atoms with Gasteiger partial charge in [0.15, 0.2) is 0 Å². The lowest BCUT2D eigenvalue weighted by molar-refractivity contribution is 0.306. The van der Waals surface area contributed by atoms with Crippen LogP contribution in [0.4, 0.5) is 5.69 Å². The molecule has 2 N–H and O–H groups in total. The summed E-state index contributed by atoms with van der Waals surface area (Å²) >= 11 is 0. The molecule has 0 heterocycles. The minimum Gasteiger partial charge on any atom is -0.489 e. The largest absolute Gasteiger partial charge is 0.489 e. The molecule has 0 saturated heterocycles. The van der Waals surface area contributed by atoms with E-state index >= 15 is 0 Å². The Kier molecular flexibility index (Phi) is 5.91. The number of hydrogen-bond acceptors (Lipinski definition) is 3. The first-order chi connectivity index (χ1) is 11.9. The maximum atomic E-state index is 5.88. The molecule has 0 radical (unpaired) electrons. The van der Waals surface area contributed by atoms with E-state index in [2.05, 4.69) is 41.3 Å². The van der Waals surface area contributed by atoms with Gasteiger partial charge in [0.05, 0.1) is 0 Å². The van der Waals surface area contributed by atoms with Gasteiger partial charge in [-0.2, -0.15) is 0 Å². The summed E-state index contributed by atoms with van der Waals surface area (Å²) in [5.41, 5.74) is 8.22. The highest BCUT2D eigenvalue weighted by molar-refractivity contribution is 5.51. The molecule has 3 heteroatoms. The maximum absolute atomic E-state index is 5.88. The van der Waals surface area contributed by atoms with Crippen molar-refractivity contribution in [3.05, 3.63) is 72.3 Å². The van der Waals surface area contributed by atoms with Crippen molar-refractivity contribution in [2.45, 2.75) is 31.9 Å². The molecule has 0 fully saturated rings. The van der Waals surface area contributed by atoms with E-state index in [9.17, 15) is 0 Å². The number of anilines is 1. The number of allylic oxidation sites excluding steroid dienone is 1. The maximum Gasteiger partial charge on any atom is 0.119 e. The van der Waals surface area contributed by atoms with Crippen LogP contribution in [0.5, 0.6) is 5.75 Å². The van der Waals surface area contributed by atoms with Gasteiger partial charge in [-0.15, -0.1) is 0 Å². The van der Waals surface area contributed by atoms with Gasteiger partial charge in [0.1, 0.15) is 12.4 Å². The molecule has 2 aromatic carbocycles. The summed E-state index contributed by atoms with van der Waals surface area (Å²) in [6.45, 7) is 2.13. The third-order valence-corrected chi connectivity index (χ3v) is 4.42. The Balaban J connectivity index is 1.65. The fraction of sp³-hybridized carbons (Fsp3) is 0.333. The Bertz CT molecular complexity index is 637. The standard InChI is InChI=1S/C21H26N2O/c22-15-16-23(19-9-5-2-6-10-19)20-11-13-21(14-12-20)24-17-18-7-3-1-4-8-18/h1,3-5,7-9,11-14,19H,2,6,10,15-17,22H2. The first-order valence-electron chi connectivity index (χ1n) is 8.77. The van der Waals surface area contributed by atoms with E-state index in [0.717, 1.165) is 12.3 Å². The van der Waals surface area contributed by atoms with E-state index in [4.69, 9.17) is 10.5 Å². The van der Waals surface area contributed by atoms with Gasteiger partial charge < -0.3 is 15.4 Å². The third kappa shape index (κ3) is 4.39.